The molecule has 0 aromatic heterocycles. The lowest BCUT2D eigenvalue weighted by molar-refractivity contribution is -0.130. The van der Waals surface area contributed by atoms with Crippen LogP contribution in [0.5, 0.6) is 0 Å². The van der Waals surface area contributed by atoms with E-state index in [-0.39, 0.29) is 18.0 Å². The van der Waals surface area contributed by atoms with E-state index in [1.54, 1.807) is 11.9 Å². The number of benzene rings is 2. The summed E-state index contributed by atoms with van der Waals surface area (Å²) >= 11 is 0. The molecule has 0 spiro atoms. The van der Waals surface area contributed by atoms with Crippen molar-refractivity contribution in [3.8, 4) is 0 Å². The summed E-state index contributed by atoms with van der Waals surface area (Å²) in [6.45, 7) is 3.45. The van der Waals surface area contributed by atoms with Crippen molar-refractivity contribution in [2.75, 3.05) is 20.1 Å². The summed E-state index contributed by atoms with van der Waals surface area (Å²) < 4.78 is 27.0. The third-order valence-electron chi connectivity index (χ3n) is 4.08. The molecule has 28 heavy (non-hydrogen) atoms. The smallest absolute Gasteiger partial charge is 0.224 e. The Balaban J connectivity index is 1.85. The van der Waals surface area contributed by atoms with Gasteiger partial charge in [-0.2, -0.15) is 0 Å². The zero-order valence-electron chi connectivity index (χ0n) is 16.2. The van der Waals surface area contributed by atoms with Gasteiger partial charge in [-0.3, -0.25) is 4.79 Å². The minimum Gasteiger partial charge on any atom is -0.357 e. The van der Waals surface area contributed by atoms with E-state index in [0.717, 1.165) is 23.8 Å². The fourth-order valence-corrected chi connectivity index (χ4v) is 2.59. The van der Waals surface area contributed by atoms with Crippen LogP contribution in [0.1, 0.15) is 24.5 Å². The van der Waals surface area contributed by atoms with Crippen molar-refractivity contribution in [1.29, 1.82) is 0 Å². The highest BCUT2D eigenvalue weighted by atomic mass is 19.1. The lowest BCUT2D eigenvalue weighted by atomic mass is 10.2. The largest absolute Gasteiger partial charge is 0.357 e. The predicted octanol–water partition coefficient (Wildman–Crippen LogP) is 3.07. The van der Waals surface area contributed by atoms with E-state index >= 15 is 0 Å². The second-order valence-corrected chi connectivity index (χ2v) is 6.34. The van der Waals surface area contributed by atoms with Crippen LogP contribution in [0.2, 0.25) is 0 Å². The number of hydrogen-bond acceptors (Lipinski definition) is 2. The minimum atomic E-state index is -0.503. The van der Waals surface area contributed by atoms with Crippen molar-refractivity contribution in [2.45, 2.75) is 26.4 Å². The molecule has 0 fully saturated rings. The number of halogens is 2. The first-order chi connectivity index (χ1) is 13.5. The highest BCUT2D eigenvalue weighted by molar-refractivity contribution is 5.81. The average Bonchev–Trinajstić information content (AvgIpc) is 2.69. The number of nitrogens with zero attached hydrogens (tertiary/aromatic N) is 2. The van der Waals surface area contributed by atoms with E-state index in [4.69, 9.17) is 0 Å². The van der Waals surface area contributed by atoms with Crippen molar-refractivity contribution in [1.82, 2.24) is 15.5 Å². The molecule has 7 heteroatoms. The lowest BCUT2D eigenvalue weighted by Gasteiger charge is -2.18. The van der Waals surface area contributed by atoms with Gasteiger partial charge in [0.05, 0.1) is 6.54 Å². The molecular formula is C21H26F2N4O. The van der Waals surface area contributed by atoms with E-state index in [1.165, 1.54) is 0 Å². The molecule has 2 aromatic carbocycles. The summed E-state index contributed by atoms with van der Waals surface area (Å²) in [6.07, 6.45) is 0.294. The van der Waals surface area contributed by atoms with Crippen LogP contribution >= 0.6 is 0 Å². The Labute approximate surface area is 164 Å². The highest BCUT2D eigenvalue weighted by Gasteiger charge is 2.10. The summed E-state index contributed by atoms with van der Waals surface area (Å²) in [5.74, 6) is -0.552. The van der Waals surface area contributed by atoms with Gasteiger partial charge in [-0.25, -0.2) is 13.8 Å². The standard InChI is InChI=1S/C21H26F2N4O/c1-3-24-21(26-14-17-13-18(22)9-10-19(17)23)25-12-11-20(28)27(2)15-16-7-5-4-6-8-16/h4-10,13H,3,11-12,14-15H2,1-2H3,(H2,24,25,26). The number of amides is 1. The monoisotopic (exact) mass is 388 g/mol. The van der Waals surface area contributed by atoms with Crippen molar-refractivity contribution < 1.29 is 13.6 Å². The minimum absolute atomic E-state index is 0.000777. The Bertz CT molecular complexity index is 796. The summed E-state index contributed by atoms with van der Waals surface area (Å²) in [5, 5.41) is 6.08. The Morgan fingerprint density at radius 1 is 1.11 bits per heavy atom. The number of aliphatic imine (C=N–C) groups is 1. The van der Waals surface area contributed by atoms with E-state index in [1.807, 2.05) is 37.3 Å². The quantitative estimate of drug-likeness (QED) is 0.540. The van der Waals surface area contributed by atoms with Crippen LogP contribution in [0.3, 0.4) is 0 Å². The van der Waals surface area contributed by atoms with Gasteiger partial charge in [-0.15, -0.1) is 0 Å². The number of nitrogens with one attached hydrogen (secondary N) is 2. The van der Waals surface area contributed by atoms with Crippen LogP contribution in [-0.2, 0) is 17.9 Å². The van der Waals surface area contributed by atoms with Crippen LogP contribution in [0.15, 0.2) is 53.5 Å². The van der Waals surface area contributed by atoms with Gasteiger partial charge >= 0.3 is 0 Å². The summed E-state index contributed by atoms with van der Waals surface area (Å²) in [4.78, 5) is 18.2. The SMILES string of the molecule is CCNC(=NCc1cc(F)ccc1F)NCCC(=O)N(C)Cc1ccccc1. The zero-order valence-corrected chi connectivity index (χ0v) is 16.2. The Kier molecular flexibility index (Phi) is 8.39. The second-order valence-electron chi connectivity index (χ2n) is 6.34. The molecule has 0 atom stereocenters. The van der Waals surface area contributed by atoms with E-state index in [0.29, 0.717) is 32.0 Å². The number of rotatable bonds is 8. The first-order valence-corrected chi connectivity index (χ1v) is 9.23. The van der Waals surface area contributed by atoms with Crippen LogP contribution < -0.4 is 10.6 Å². The van der Waals surface area contributed by atoms with Crippen LogP contribution in [-0.4, -0.2) is 36.9 Å². The van der Waals surface area contributed by atoms with E-state index < -0.39 is 11.6 Å². The van der Waals surface area contributed by atoms with Crippen LogP contribution in [0.4, 0.5) is 8.78 Å². The van der Waals surface area contributed by atoms with Gasteiger partial charge in [0.1, 0.15) is 11.6 Å². The Hall–Kier alpha value is -2.96. The third-order valence-corrected chi connectivity index (χ3v) is 4.08. The molecule has 0 saturated carbocycles. The zero-order chi connectivity index (χ0) is 20.4. The van der Waals surface area contributed by atoms with E-state index in [2.05, 4.69) is 15.6 Å². The molecule has 0 aliphatic rings. The molecule has 5 nitrogen and oxygen atoms in total. The number of guanidine groups is 1. The Morgan fingerprint density at radius 2 is 1.86 bits per heavy atom. The fourth-order valence-electron chi connectivity index (χ4n) is 2.59. The van der Waals surface area contributed by atoms with Gasteiger partial charge in [0.2, 0.25) is 5.91 Å². The van der Waals surface area contributed by atoms with Crippen molar-refractivity contribution in [2.24, 2.45) is 4.99 Å². The van der Waals surface area contributed by atoms with Crippen molar-refractivity contribution in [3.05, 3.63) is 71.3 Å². The normalized spacial score (nSPS) is 11.2. The lowest BCUT2D eigenvalue weighted by Crippen LogP contribution is -2.39. The first kappa shape index (κ1) is 21.3. The number of carbonyl (C=O) groups excluding carboxylic acids is 1. The molecule has 1 amide bonds. The molecule has 0 radical (unpaired) electrons. The second kappa shape index (κ2) is 11.0. The molecule has 2 aromatic rings. The molecule has 2 N–H and O–H groups in total. The fraction of sp³-hybridized carbons (Fsp3) is 0.333. The summed E-state index contributed by atoms with van der Waals surface area (Å²) in [6, 6.07) is 13.1. The summed E-state index contributed by atoms with van der Waals surface area (Å²) in [7, 11) is 1.77. The van der Waals surface area contributed by atoms with Crippen LogP contribution in [0.25, 0.3) is 0 Å². The van der Waals surface area contributed by atoms with Gasteiger partial charge in [0.15, 0.2) is 5.96 Å². The molecule has 0 bridgehead atoms. The predicted molar refractivity (Wildman–Crippen MR) is 107 cm³/mol. The summed E-state index contributed by atoms with van der Waals surface area (Å²) in [5.41, 5.74) is 1.24. The number of hydrogen-bond donors (Lipinski definition) is 2. The molecule has 150 valence electrons. The first-order valence-electron chi connectivity index (χ1n) is 9.23. The van der Waals surface area contributed by atoms with Crippen molar-refractivity contribution in [3.63, 3.8) is 0 Å². The Morgan fingerprint density at radius 3 is 2.57 bits per heavy atom. The maximum absolute atomic E-state index is 13.7. The van der Waals surface area contributed by atoms with E-state index in [9.17, 15) is 13.6 Å². The van der Waals surface area contributed by atoms with Gasteiger partial charge in [0.25, 0.3) is 0 Å². The molecule has 0 saturated heterocycles. The maximum Gasteiger partial charge on any atom is 0.224 e. The van der Waals surface area contributed by atoms with Gasteiger partial charge < -0.3 is 15.5 Å². The van der Waals surface area contributed by atoms with Crippen molar-refractivity contribution >= 4 is 11.9 Å². The van der Waals surface area contributed by atoms with Gasteiger partial charge in [-0.05, 0) is 30.7 Å². The topological polar surface area (TPSA) is 56.7 Å². The highest BCUT2D eigenvalue weighted by Crippen LogP contribution is 2.10. The molecular weight excluding hydrogens is 362 g/mol. The van der Waals surface area contributed by atoms with Crippen LogP contribution in [0, 0.1) is 11.6 Å². The molecule has 0 aliphatic carbocycles. The van der Waals surface area contributed by atoms with Gasteiger partial charge in [0, 0.05) is 38.7 Å². The number of carbonyl (C=O) groups is 1. The average molecular weight is 388 g/mol. The molecule has 0 aliphatic heterocycles. The third kappa shape index (κ3) is 6.98. The molecule has 0 unspecified atom stereocenters. The molecule has 0 heterocycles. The maximum atomic E-state index is 13.7. The van der Waals surface area contributed by atoms with Gasteiger partial charge in [-0.1, -0.05) is 30.3 Å². The molecule has 2 rings (SSSR count).